The number of hydrogen-bond donors (Lipinski definition) is 0. The number of hydrogen-bond acceptors (Lipinski definition) is 16. The third-order valence-corrected chi connectivity index (χ3v) is 17.0. The lowest BCUT2D eigenvalue weighted by Crippen LogP contribution is -2.51. The van der Waals surface area contributed by atoms with E-state index in [1.54, 1.807) is 86.6 Å². The molecule has 18 nitrogen and oxygen atoms in total. The van der Waals surface area contributed by atoms with Gasteiger partial charge < -0.3 is 37.9 Å². The highest BCUT2D eigenvalue weighted by Gasteiger charge is 2.46. The van der Waals surface area contributed by atoms with Gasteiger partial charge in [-0.2, -0.15) is 0 Å². The monoisotopic (exact) mass is 1290 g/mol. The molecule has 2 aliphatic rings. The van der Waals surface area contributed by atoms with Gasteiger partial charge in [-0.1, -0.05) is 111 Å². The number of amides is 4. The molecule has 9 aromatic rings. The van der Waals surface area contributed by atoms with Crippen LogP contribution in [0.2, 0.25) is 0 Å². The first kappa shape index (κ1) is 66.6. The number of fused-ring (bicyclic) bond motifs is 2. The van der Waals surface area contributed by atoms with E-state index in [4.69, 9.17) is 37.9 Å². The normalized spacial score (nSPS) is 13.3. The van der Waals surface area contributed by atoms with Gasteiger partial charge in [0.1, 0.15) is 58.1 Å². The molecule has 2 aliphatic heterocycles. The van der Waals surface area contributed by atoms with Crippen molar-refractivity contribution in [2.75, 3.05) is 26.4 Å². The van der Waals surface area contributed by atoms with Crippen molar-refractivity contribution < 1.29 is 76.3 Å². The van der Waals surface area contributed by atoms with Gasteiger partial charge in [-0.15, -0.1) is 0 Å². The number of aryl methyl sites for hydroxylation is 4. The predicted molar refractivity (Wildman–Crippen MR) is 363 cm³/mol. The standard InChI is InChI=1S/C78H74N2O16/c1-11-17-57(77(87)91-37-15-13-35-89-75(85)43(3)4)79-71(81)53-39-59(93-49-27-19-45(7)20-28-49)65-67-61(95-51-31-23-47(9)24-32-51)41-55-64-56(74(84)80(73(55)83)58(18-12-2)78(88)92-38-16-14-36-90-76(86)44(5)6)42-62(96-52-33-25-48(10)26-34-52)68(70(64)67)66-60(94-50-29-21-46(8)22-30-50)40-54(72(79)82)63(53)69(65)66/h19-34,39-42,57-58H,3,5,11-18,35-38H2,1-2,4,6-10H3. The van der Waals surface area contributed by atoms with Crippen molar-refractivity contribution >= 4 is 90.6 Å². The second-order valence-electron chi connectivity index (χ2n) is 24.5. The Kier molecular flexibility index (Phi) is 19.7. The van der Waals surface area contributed by atoms with Crippen LogP contribution in [0.3, 0.4) is 0 Å². The van der Waals surface area contributed by atoms with Crippen molar-refractivity contribution in [3.63, 3.8) is 0 Å². The summed E-state index contributed by atoms with van der Waals surface area (Å²) in [6, 6.07) is 32.4. The van der Waals surface area contributed by atoms with Gasteiger partial charge in [-0.25, -0.2) is 19.2 Å². The number of nitrogens with zero attached hydrogens (tertiary/aromatic N) is 2. The molecular formula is C78H74N2O16. The highest BCUT2D eigenvalue weighted by atomic mass is 16.6. The number of benzene rings is 9. The van der Waals surface area contributed by atoms with Crippen LogP contribution < -0.4 is 18.9 Å². The second kappa shape index (κ2) is 28.4. The van der Waals surface area contributed by atoms with Gasteiger partial charge in [0.15, 0.2) is 0 Å². The van der Waals surface area contributed by atoms with Gasteiger partial charge in [-0.3, -0.25) is 29.0 Å². The quantitative estimate of drug-likeness (QED) is 0.00847. The van der Waals surface area contributed by atoms with E-state index in [1.165, 1.54) is 0 Å². The van der Waals surface area contributed by atoms with E-state index in [0.717, 1.165) is 32.1 Å². The lowest BCUT2D eigenvalue weighted by molar-refractivity contribution is -0.149. The average Bonchev–Trinajstić information content (AvgIpc) is 0.672. The van der Waals surface area contributed by atoms with Crippen molar-refractivity contribution in [3.8, 4) is 46.0 Å². The number of esters is 4. The minimum atomic E-state index is -1.41. The van der Waals surface area contributed by atoms with Gasteiger partial charge in [-0.05, 0) is 153 Å². The molecule has 11 rings (SSSR count). The summed E-state index contributed by atoms with van der Waals surface area (Å²) < 4.78 is 50.6. The summed E-state index contributed by atoms with van der Waals surface area (Å²) >= 11 is 0. The van der Waals surface area contributed by atoms with Gasteiger partial charge >= 0.3 is 23.9 Å². The Hall–Kier alpha value is -10.9. The first-order chi connectivity index (χ1) is 46.2. The van der Waals surface area contributed by atoms with Gasteiger partial charge in [0.05, 0.1) is 48.7 Å². The van der Waals surface area contributed by atoms with Crippen LogP contribution in [0.15, 0.2) is 146 Å². The van der Waals surface area contributed by atoms with Crippen molar-refractivity contribution in [1.29, 1.82) is 0 Å². The zero-order valence-electron chi connectivity index (χ0n) is 55.0. The topological polar surface area (TPSA) is 217 Å². The van der Waals surface area contributed by atoms with Crippen LogP contribution in [0.1, 0.15) is 143 Å². The molecule has 4 amide bonds. The maximum Gasteiger partial charge on any atom is 0.333 e. The molecular weight excluding hydrogens is 1220 g/mol. The van der Waals surface area contributed by atoms with Crippen LogP contribution in [0, 0.1) is 27.7 Å². The number of carbonyl (C=O) groups is 8. The maximum atomic E-state index is 16.0. The van der Waals surface area contributed by atoms with Crippen LogP contribution >= 0.6 is 0 Å². The SMILES string of the molecule is C=C(C)C(=O)OCCCCOC(=O)C(CCC)N1C(=O)c2cc(Oc3ccc(C)cc3)c3c4c(Oc5ccc(C)cc5)cc5c6c(cc(Oc7ccc(C)cc7)c(c7c(Oc8ccc(C)cc8)cc(c2c37)C1=O)c64)C(=O)N(C(CCC)C(=O)OCCCCOC(=O)C(=C)C)C5=O. The molecule has 0 fully saturated rings. The molecule has 0 N–H and O–H groups in total. The summed E-state index contributed by atoms with van der Waals surface area (Å²) in [5, 5.41) is 1.97. The van der Waals surface area contributed by atoms with E-state index in [-0.39, 0.29) is 139 Å². The predicted octanol–water partition coefficient (Wildman–Crippen LogP) is 16.6. The van der Waals surface area contributed by atoms with Crippen molar-refractivity contribution in [2.45, 2.75) is 119 Å². The molecule has 18 heteroatoms. The molecule has 0 saturated carbocycles. The summed E-state index contributed by atoms with van der Waals surface area (Å²) in [7, 11) is 0. The van der Waals surface area contributed by atoms with Gasteiger partial charge in [0.25, 0.3) is 23.6 Å². The Morgan fingerprint density at radius 1 is 0.365 bits per heavy atom. The van der Waals surface area contributed by atoms with E-state index in [2.05, 4.69) is 13.2 Å². The molecule has 2 heterocycles. The minimum absolute atomic E-state index is 0.0149. The zero-order valence-corrected chi connectivity index (χ0v) is 55.0. The number of rotatable bonds is 28. The van der Waals surface area contributed by atoms with Gasteiger partial charge in [0.2, 0.25) is 0 Å². The number of unbranched alkanes of at least 4 members (excludes halogenated alkanes) is 2. The van der Waals surface area contributed by atoms with E-state index >= 15 is 19.2 Å². The highest BCUT2D eigenvalue weighted by molar-refractivity contribution is 6.45. The second-order valence-corrected chi connectivity index (χ2v) is 24.5. The number of imide groups is 2. The average molecular weight is 1300 g/mol. The molecule has 0 aliphatic carbocycles. The van der Waals surface area contributed by atoms with Crippen LogP contribution in [-0.2, 0) is 38.1 Å². The Balaban J connectivity index is 1.20. The van der Waals surface area contributed by atoms with Crippen molar-refractivity contribution in [1.82, 2.24) is 9.80 Å². The summed E-state index contributed by atoms with van der Waals surface area (Å²) in [6.07, 6.45) is 2.12. The first-order valence-corrected chi connectivity index (χ1v) is 32.3. The molecule has 96 heavy (non-hydrogen) atoms. The molecule has 2 unspecified atom stereocenters. The van der Waals surface area contributed by atoms with E-state index in [9.17, 15) is 19.2 Å². The molecule has 2 atom stereocenters. The lowest BCUT2D eigenvalue weighted by Gasteiger charge is -2.35. The molecule has 0 bridgehead atoms. The fraction of sp³-hybridized carbons (Fsp3) is 0.282. The van der Waals surface area contributed by atoms with E-state index in [0.29, 0.717) is 61.5 Å². The van der Waals surface area contributed by atoms with Crippen molar-refractivity contribution in [2.24, 2.45) is 0 Å². The van der Waals surface area contributed by atoms with E-state index < -0.39 is 59.6 Å². The largest absolute Gasteiger partial charge is 0.464 e. The smallest absolute Gasteiger partial charge is 0.333 e. The summed E-state index contributed by atoms with van der Waals surface area (Å²) in [6.45, 7) is 21.6. The number of carbonyl (C=O) groups excluding carboxylic acids is 8. The molecule has 492 valence electrons. The molecule has 0 saturated heterocycles. The summed E-state index contributed by atoms with van der Waals surface area (Å²) in [5.74, 6) is -4.36. The van der Waals surface area contributed by atoms with Crippen LogP contribution in [0.5, 0.6) is 46.0 Å². The van der Waals surface area contributed by atoms with Crippen LogP contribution in [0.4, 0.5) is 0 Å². The maximum absolute atomic E-state index is 16.0. The van der Waals surface area contributed by atoms with E-state index in [1.807, 2.05) is 90.1 Å². The van der Waals surface area contributed by atoms with Crippen LogP contribution in [0.25, 0.3) is 43.1 Å². The highest BCUT2D eigenvalue weighted by Crippen LogP contribution is 2.58. The Labute approximate surface area is 555 Å². The Morgan fingerprint density at radius 2 is 0.604 bits per heavy atom. The fourth-order valence-electron chi connectivity index (χ4n) is 12.1. The minimum Gasteiger partial charge on any atom is -0.464 e. The van der Waals surface area contributed by atoms with Gasteiger partial charge in [0, 0.05) is 54.2 Å². The third-order valence-electron chi connectivity index (χ3n) is 17.0. The molecule has 9 aromatic carbocycles. The summed E-state index contributed by atoms with van der Waals surface area (Å²) in [5.41, 5.74) is 4.13. The Bertz CT molecular complexity index is 4090. The first-order valence-electron chi connectivity index (χ1n) is 32.3. The zero-order chi connectivity index (χ0) is 68.2. The summed E-state index contributed by atoms with van der Waals surface area (Å²) in [4.78, 5) is 119. The lowest BCUT2D eigenvalue weighted by atomic mass is 9.80. The molecule has 0 radical (unpaired) electrons. The van der Waals surface area contributed by atoms with Crippen molar-refractivity contribution in [3.05, 3.63) is 190 Å². The van der Waals surface area contributed by atoms with Crippen LogP contribution in [-0.4, -0.2) is 95.8 Å². The molecule has 0 aromatic heterocycles. The fourth-order valence-corrected chi connectivity index (χ4v) is 12.1. The third kappa shape index (κ3) is 13.3. The molecule has 0 spiro atoms. The Morgan fingerprint density at radius 3 is 0.833 bits per heavy atom. The number of ether oxygens (including phenoxy) is 8.